The van der Waals surface area contributed by atoms with Crippen molar-refractivity contribution in [2.75, 3.05) is 6.54 Å². The van der Waals surface area contributed by atoms with Crippen molar-refractivity contribution in [3.8, 4) is 0 Å². The van der Waals surface area contributed by atoms with E-state index in [1.807, 2.05) is 12.4 Å². The Morgan fingerprint density at radius 3 is 2.90 bits per heavy atom. The van der Waals surface area contributed by atoms with Gasteiger partial charge in [0.2, 0.25) is 0 Å². The van der Waals surface area contributed by atoms with Crippen LogP contribution in [0.4, 0.5) is 4.39 Å². The molecule has 0 aliphatic rings. The molecule has 1 aromatic carbocycles. The minimum Gasteiger partial charge on any atom is -0.310 e. The Labute approximate surface area is 130 Å². The molecule has 114 valence electrons. The van der Waals surface area contributed by atoms with Crippen LogP contribution in [0.3, 0.4) is 0 Å². The number of hydrogen-bond donors (Lipinski definition) is 1. The SMILES string of the molecule is CCCNC(CC)c1cnn(Cc2cc(F)ccc2Cl)c1. The number of rotatable bonds is 7. The highest BCUT2D eigenvalue weighted by Crippen LogP contribution is 2.20. The number of hydrogen-bond acceptors (Lipinski definition) is 2. The highest BCUT2D eigenvalue weighted by Gasteiger charge is 2.11. The summed E-state index contributed by atoms with van der Waals surface area (Å²) in [5.74, 6) is -0.280. The van der Waals surface area contributed by atoms with Gasteiger partial charge in [-0.3, -0.25) is 4.68 Å². The van der Waals surface area contributed by atoms with E-state index in [1.54, 1.807) is 10.7 Å². The first kappa shape index (κ1) is 16.0. The molecule has 0 aliphatic carbocycles. The Hall–Kier alpha value is -1.39. The lowest BCUT2D eigenvalue weighted by molar-refractivity contribution is 0.517. The summed E-state index contributed by atoms with van der Waals surface area (Å²) in [5, 5.41) is 8.41. The summed E-state index contributed by atoms with van der Waals surface area (Å²) in [6, 6.07) is 4.70. The van der Waals surface area contributed by atoms with Crippen LogP contribution in [0.1, 0.15) is 43.9 Å². The van der Waals surface area contributed by atoms with Gasteiger partial charge in [-0.25, -0.2) is 4.39 Å². The summed E-state index contributed by atoms with van der Waals surface area (Å²) in [7, 11) is 0. The minimum atomic E-state index is -0.280. The lowest BCUT2D eigenvalue weighted by atomic mass is 10.1. The fourth-order valence-corrected chi connectivity index (χ4v) is 2.48. The highest BCUT2D eigenvalue weighted by atomic mass is 35.5. The van der Waals surface area contributed by atoms with Crippen molar-refractivity contribution in [1.29, 1.82) is 0 Å². The molecule has 0 aliphatic heterocycles. The monoisotopic (exact) mass is 309 g/mol. The maximum Gasteiger partial charge on any atom is 0.123 e. The largest absolute Gasteiger partial charge is 0.310 e. The molecule has 0 fully saturated rings. The van der Waals surface area contributed by atoms with Crippen LogP contribution in [0.5, 0.6) is 0 Å². The Kier molecular flexibility index (Phi) is 5.76. The van der Waals surface area contributed by atoms with Gasteiger partial charge in [-0.2, -0.15) is 5.10 Å². The van der Waals surface area contributed by atoms with E-state index in [0.717, 1.165) is 30.5 Å². The van der Waals surface area contributed by atoms with Gasteiger partial charge < -0.3 is 5.32 Å². The average Bonchev–Trinajstić information content (AvgIpc) is 2.92. The van der Waals surface area contributed by atoms with E-state index in [-0.39, 0.29) is 5.82 Å². The Balaban J connectivity index is 2.10. The van der Waals surface area contributed by atoms with Crippen LogP contribution in [0.25, 0.3) is 0 Å². The zero-order valence-electron chi connectivity index (χ0n) is 12.4. The van der Waals surface area contributed by atoms with E-state index in [2.05, 4.69) is 24.3 Å². The van der Waals surface area contributed by atoms with Gasteiger partial charge >= 0.3 is 0 Å². The Bertz CT molecular complexity index is 583. The van der Waals surface area contributed by atoms with E-state index in [9.17, 15) is 4.39 Å². The molecular weight excluding hydrogens is 289 g/mol. The molecule has 0 bridgehead atoms. The molecule has 0 saturated heterocycles. The quantitative estimate of drug-likeness (QED) is 0.831. The zero-order chi connectivity index (χ0) is 15.2. The first-order valence-corrected chi connectivity index (χ1v) is 7.71. The van der Waals surface area contributed by atoms with Crippen molar-refractivity contribution in [3.63, 3.8) is 0 Å². The second-order valence-corrected chi connectivity index (χ2v) is 5.53. The van der Waals surface area contributed by atoms with Crippen LogP contribution in [0.15, 0.2) is 30.6 Å². The minimum absolute atomic E-state index is 0.280. The van der Waals surface area contributed by atoms with Crippen LogP contribution in [-0.2, 0) is 6.54 Å². The molecule has 0 radical (unpaired) electrons. The van der Waals surface area contributed by atoms with Crippen molar-refractivity contribution < 1.29 is 4.39 Å². The topological polar surface area (TPSA) is 29.9 Å². The predicted octanol–water partition coefficient (Wildman–Crippen LogP) is 4.17. The molecular formula is C16H21ClFN3. The van der Waals surface area contributed by atoms with Gasteiger partial charge in [-0.15, -0.1) is 0 Å². The third kappa shape index (κ3) is 4.29. The average molecular weight is 310 g/mol. The molecule has 2 rings (SSSR count). The van der Waals surface area contributed by atoms with Crippen LogP contribution in [0, 0.1) is 5.82 Å². The van der Waals surface area contributed by atoms with Gasteiger partial charge in [0.1, 0.15) is 5.82 Å². The van der Waals surface area contributed by atoms with Gasteiger partial charge in [0, 0.05) is 22.8 Å². The van der Waals surface area contributed by atoms with Crippen LogP contribution >= 0.6 is 11.6 Å². The first-order chi connectivity index (χ1) is 10.1. The maximum absolute atomic E-state index is 13.3. The molecule has 1 atom stereocenters. The van der Waals surface area contributed by atoms with E-state index in [1.165, 1.54) is 12.1 Å². The summed E-state index contributed by atoms with van der Waals surface area (Å²) in [6.07, 6.45) is 5.97. The van der Waals surface area contributed by atoms with Gasteiger partial charge in [-0.05, 0) is 43.1 Å². The molecule has 0 spiro atoms. The van der Waals surface area contributed by atoms with E-state index in [4.69, 9.17) is 11.6 Å². The third-order valence-corrected chi connectivity index (χ3v) is 3.81. The van der Waals surface area contributed by atoms with Crippen molar-refractivity contribution in [3.05, 3.63) is 52.6 Å². The molecule has 0 saturated carbocycles. The van der Waals surface area contributed by atoms with Crippen LogP contribution in [0.2, 0.25) is 5.02 Å². The lowest BCUT2D eigenvalue weighted by Gasteiger charge is -2.14. The standard InChI is InChI=1S/C16H21ClFN3/c1-3-7-19-16(4-2)13-9-20-21(11-13)10-12-8-14(18)5-6-15(12)17/h5-6,8-9,11,16,19H,3-4,7,10H2,1-2H3. The highest BCUT2D eigenvalue weighted by molar-refractivity contribution is 6.31. The first-order valence-electron chi connectivity index (χ1n) is 7.33. The third-order valence-electron chi connectivity index (χ3n) is 3.44. The zero-order valence-corrected chi connectivity index (χ0v) is 13.2. The number of nitrogens with zero attached hydrogens (tertiary/aromatic N) is 2. The summed E-state index contributed by atoms with van der Waals surface area (Å²) in [4.78, 5) is 0. The summed E-state index contributed by atoms with van der Waals surface area (Å²) in [6.45, 7) is 5.75. The van der Waals surface area contributed by atoms with Crippen molar-refractivity contribution in [2.24, 2.45) is 0 Å². The van der Waals surface area contributed by atoms with Gasteiger partial charge in [0.05, 0.1) is 12.7 Å². The maximum atomic E-state index is 13.3. The number of benzene rings is 1. The molecule has 3 nitrogen and oxygen atoms in total. The molecule has 21 heavy (non-hydrogen) atoms. The Morgan fingerprint density at radius 2 is 2.19 bits per heavy atom. The summed E-state index contributed by atoms with van der Waals surface area (Å²) >= 11 is 6.09. The molecule has 0 amide bonds. The normalized spacial score (nSPS) is 12.6. The lowest BCUT2D eigenvalue weighted by Crippen LogP contribution is -2.21. The molecule has 1 heterocycles. The number of nitrogens with one attached hydrogen (secondary N) is 1. The van der Waals surface area contributed by atoms with E-state index < -0.39 is 0 Å². The second kappa shape index (κ2) is 7.57. The molecule has 5 heteroatoms. The molecule has 2 aromatic rings. The molecule has 1 aromatic heterocycles. The second-order valence-electron chi connectivity index (χ2n) is 5.12. The Morgan fingerprint density at radius 1 is 1.38 bits per heavy atom. The van der Waals surface area contributed by atoms with Crippen LogP contribution in [-0.4, -0.2) is 16.3 Å². The molecule has 1 N–H and O–H groups in total. The smallest absolute Gasteiger partial charge is 0.123 e. The molecule has 1 unspecified atom stereocenters. The van der Waals surface area contributed by atoms with E-state index in [0.29, 0.717) is 17.6 Å². The van der Waals surface area contributed by atoms with Crippen LogP contribution < -0.4 is 5.32 Å². The fourth-order valence-electron chi connectivity index (χ4n) is 2.30. The fraction of sp³-hybridized carbons (Fsp3) is 0.438. The van der Waals surface area contributed by atoms with Gasteiger partial charge in [-0.1, -0.05) is 25.4 Å². The van der Waals surface area contributed by atoms with Crippen molar-refractivity contribution in [2.45, 2.75) is 39.3 Å². The van der Waals surface area contributed by atoms with Gasteiger partial charge in [0.15, 0.2) is 0 Å². The van der Waals surface area contributed by atoms with Crippen molar-refractivity contribution >= 4 is 11.6 Å². The van der Waals surface area contributed by atoms with Crippen molar-refractivity contribution in [1.82, 2.24) is 15.1 Å². The number of aromatic nitrogens is 2. The summed E-state index contributed by atoms with van der Waals surface area (Å²) in [5.41, 5.74) is 1.89. The van der Waals surface area contributed by atoms with E-state index >= 15 is 0 Å². The predicted molar refractivity (Wildman–Crippen MR) is 84.1 cm³/mol. The number of halogens is 2. The summed E-state index contributed by atoms with van der Waals surface area (Å²) < 4.78 is 15.1. The van der Waals surface area contributed by atoms with Gasteiger partial charge in [0.25, 0.3) is 0 Å².